The van der Waals surface area contributed by atoms with E-state index < -0.39 is 11.7 Å². The van der Waals surface area contributed by atoms with Crippen LogP contribution in [0.1, 0.15) is 25.0 Å². The lowest BCUT2D eigenvalue weighted by Gasteiger charge is -2.07. The van der Waals surface area contributed by atoms with E-state index in [0.717, 1.165) is 12.3 Å². The predicted molar refractivity (Wildman–Crippen MR) is 67.7 cm³/mol. The van der Waals surface area contributed by atoms with Gasteiger partial charge in [0.1, 0.15) is 5.69 Å². The second-order valence-corrected chi connectivity index (χ2v) is 4.90. The van der Waals surface area contributed by atoms with Gasteiger partial charge in [-0.2, -0.15) is 13.2 Å². The Hall–Kier alpha value is -2.05. The number of anilines is 1. The largest absolute Gasteiger partial charge is 0.417 e. The van der Waals surface area contributed by atoms with Gasteiger partial charge in [0.15, 0.2) is 11.6 Å². The van der Waals surface area contributed by atoms with E-state index >= 15 is 0 Å². The van der Waals surface area contributed by atoms with Crippen molar-refractivity contribution in [1.29, 1.82) is 0 Å². The first-order valence-electron chi connectivity index (χ1n) is 6.06. The van der Waals surface area contributed by atoms with Crippen LogP contribution in [0, 0.1) is 5.92 Å². The summed E-state index contributed by atoms with van der Waals surface area (Å²) in [4.78, 5) is 3.79. The maximum atomic E-state index is 12.5. The molecule has 0 unspecified atom stereocenters. The molecular weight excluding hydrogens is 271 g/mol. The number of alkyl halides is 3. The molecule has 0 radical (unpaired) electrons. The molecule has 0 amide bonds. The molecule has 0 bridgehead atoms. The Labute approximate surface area is 113 Å². The zero-order valence-electron chi connectivity index (χ0n) is 11.0. The number of nitrogens with zero attached hydrogens (tertiary/aromatic N) is 2. The van der Waals surface area contributed by atoms with Gasteiger partial charge in [-0.3, -0.25) is 4.98 Å². The van der Waals surface area contributed by atoms with E-state index in [-0.39, 0.29) is 11.5 Å². The number of halogens is 3. The zero-order valence-corrected chi connectivity index (χ0v) is 11.0. The van der Waals surface area contributed by atoms with Crippen LogP contribution in [0.15, 0.2) is 22.9 Å². The molecule has 7 heteroatoms. The Balaban J connectivity index is 2.37. The Kier molecular flexibility index (Phi) is 3.69. The Morgan fingerprint density at radius 3 is 2.50 bits per heavy atom. The SMILES string of the molecule is CC(C)Cc1c(N)noc1-c1ccc(C(F)(F)F)cn1. The quantitative estimate of drug-likeness (QED) is 0.936. The van der Waals surface area contributed by atoms with Crippen molar-refractivity contribution in [2.45, 2.75) is 26.4 Å². The molecule has 2 N–H and O–H groups in total. The molecule has 0 aliphatic carbocycles. The van der Waals surface area contributed by atoms with Crippen molar-refractivity contribution in [3.8, 4) is 11.5 Å². The lowest BCUT2D eigenvalue weighted by Crippen LogP contribution is -2.05. The molecule has 0 aliphatic rings. The number of nitrogens with two attached hydrogens (primary N) is 1. The Bertz CT molecular complexity index is 588. The van der Waals surface area contributed by atoms with Crippen LogP contribution in [0.5, 0.6) is 0 Å². The van der Waals surface area contributed by atoms with E-state index in [1.807, 2.05) is 13.8 Å². The third-order valence-electron chi connectivity index (χ3n) is 2.75. The summed E-state index contributed by atoms with van der Waals surface area (Å²) >= 11 is 0. The van der Waals surface area contributed by atoms with Gasteiger partial charge in [-0.05, 0) is 24.5 Å². The van der Waals surface area contributed by atoms with Gasteiger partial charge < -0.3 is 10.3 Å². The van der Waals surface area contributed by atoms with Crippen molar-refractivity contribution in [2.75, 3.05) is 5.73 Å². The lowest BCUT2D eigenvalue weighted by molar-refractivity contribution is -0.137. The van der Waals surface area contributed by atoms with Crippen molar-refractivity contribution in [1.82, 2.24) is 10.1 Å². The molecule has 4 nitrogen and oxygen atoms in total. The highest BCUT2D eigenvalue weighted by atomic mass is 19.4. The van der Waals surface area contributed by atoms with Gasteiger partial charge in [0.25, 0.3) is 0 Å². The number of rotatable bonds is 3. The fourth-order valence-corrected chi connectivity index (χ4v) is 1.82. The highest BCUT2D eigenvalue weighted by molar-refractivity contribution is 5.62. The molecule has 108 valence electrons. The summed E-state index contributed by atoms with van der Waals surface area (Å²) in [7, 11) is 0. The molecule has 20 heavy (non-hydrogen) atoms. The average Bonchev–Trinajstić information content (AvgIpc) is 2.70. The van der Waals surface area contributed by atoms with Crippen LogP contribution in [0.3, 0.4) is 0 Å². The molecule has 0 atom stereocenters. The maximum absolute atomic E-state index is 12.5. The standard InChI is InChI=1S/C13H14F3N3O/c1-7(2)5-9-11(20-19-12(9)17)10-4-3-8(6-18-10)13(14,15)16/h3-4,6-7H,5H2,1-2H3,(H2,17,19). The summed E-state index contributed by atoms with van der Waals surface area (Å²) in [5, 5.41) is 3.66. The van der Waals surface area contributed by atoms with Crippen LogP contribution in [0.4, 0.5) is 19.0 Å². The summed E-state index contributed by atoms with van der Waals surface area (Å²) in [5.74, 6) is 0.880. The van der Waals surface area contributed by atoms with Crippen LogP contribution in [-0.4, -0.2) is 10.1 Å². The Morgan fingerprint density at radius 2 is 2.00 bits per heavy atom. The van der Waals surface area contributed by atoms with Gasteiger partial charge in [0.05, 0.1) is 5.56 Å². The van der Waals surface area contributed by atoms with E-state index in [0.29, 0.717) is 23.7 Å². The maximum Gasteiger partial charge on any atom is 0.417 e. The molecule has 0 saturated heterocycles. The van der Waals surface area contributed by atoms with Crippen molar-refractivity contribution in [3.05, 3.63) is 29.5 Å². The smallest absolute Gasteiger partial charge is 0.381 e. The molecular formula is C13H14F3N3O. The van der Waals surface area contributed by atoms with E-state index in [4.69, 9.17) is 10.3 Å². The number of aromatic nitrogens is 2. The number of nitrogen functional groups attached to an aromatic ring is 1. The first-order valence-corrected chi connectivity index (χ1v) is 6.06. The highest BCUT2D eigenvalue weighted by Gasteiger charge is 2.31. The molecule has 0 saturated carbocycles. The van der Waals surface area contributed by atoms with E-state index in [9.17, 15) is 13.2 Å². The fraction of sp³-hybridized carbons (Fsp3) is 0.385. The highest BCUT2D eigenvalue weighted by Crippen LogP contribution is 2.32. The lowest BCUT2D eigenvalue weighted by atomic mass is 10.0. The van der Waals surface area contributed by atoms with E-state index in [1.165, 1.54) is 6.07 Å². The molecule has 0 aliphatic heterocycles. The second-order valence-electron chi connectivity index (χ2n) is 4.90. The minimum Gasteiger partial charge on any atom is -0.381 e. The van der Waals surface area contributed by atoms with Gasteiger partial charge in [0.2, 0.25) is 0 Å². The summed E-state index contributed by atoms with van der Waals surface area (Å²) in [6.45, 7) is 3.99. The van der Waals surface area contributed by atoms with E-state index in [1.54, 1.807) is 0 Å². The average molecular weight is 285 g/mol. The monoisotopic (exact) mass is 285 g/mol. The van der Waals surface area contributed by atoms with Crippen molar-refractivity contribution >= 4 is 5.82 Å². The van der Waals surface area contributed by atoms with Crippen molar-refractivity contribution < 1.29 is 17.7 Å². The fourth-order valence-electron chi connectivity index (χ4n) is 1.82. The third-order valence-corrected chi connectivity index (χ3v) is 2.75. The van der Waals surface area contributed by atoms with Crippen LogP contribution >= 0.6 is 0 Å². The summed E-state index contributed by atoms with van der Waals surface area (Å²) in [5.41, 5.74) is 5.87. The van der Waals surface area contributed by atoms with Gasteiger partial charge in [-0.25, -0.2) is 0 Å². The van der Waals surface area contributed by atoms with Crippen molar-refractivity contribution in [3.63, 3.8) is 0 Å². The number of hydrogen-bond donors (Lipinski definition) is 1. The Morgan fingerprint density at radius 1 is 1.30 bits per heavy atom. The van der Waals surface area contributed by atoms with Gasteiger partial charge in [-0.15, -0.1) is 0 Å². The predicted octanol–water partition coefficient (Wildman–Crippen LogP) is 3.54. The topological polar surface area (TPSA) is 64.9 Å². The molecule has 0 spiro atoms. The van der Waals surface area contributed by atoms with Crippen LogP contribution < -0.4 is 5.73 Å². The molecule has 0 fully saturated rings. The van der Waals surface area contributed by atoms with Crippen molar-refractivity contribution in [2.24, 2.45) is 5.92 Å². The summed E-state index contributed by atoms with van der Waals surface area (Å²) in [6, 6.07) is 2.22. The molecule has 2 aromatic rings. The first kappa shape index (κ1) is 14.4. The van der Waals surface area contributed by atoms with Crippen LogP contribution in [-0.2, 0) is 12.6 Å². The summed E-state index contributed by atoms with van der Waals surface area (Å²) < 4.78 is 42.5. The molecule has 2 aromatic heterocycles. The first-order chi connectivity index (χ1) is 9.29. The van der Waals surface area contributed by atoms with Crippen LogP contribution in [0.25, 0.3) is 11.5 Å². The van der Waals surface area contributed by atoms with Gasteiger partial charge >= 0.3 is 6.18 Å². The second kappa shape index (κ2) is 5.15. The minimum absolute atomic E-state index is 0.246. The normalized spacial score (nSPS) is 12.1. The van der Waals surface area contributed by atoms with Gasteiger partial charge in [0, 0.05) is 11.8 Å². The van der Waals surface area contributed by atoms with Crippen LogP contribution in [0.2, 0.25) is 0 Å². The number of hydrogen-bond acceptors (Lipinski definition) is 4. The molecule has 2 rings (SSSR count). The van der Waals surface area contributed by atoms with Gasteiger partial charge in [-0.1, -0.05) is 19.0 Å². The summed E-state index contributed by atoms with van der Waals surface area (Å²) in [6.07, 6.45) is -3.02. The third kappa shape index (κ3) is 2.92. The molecule has 2 heterocycles. The zero-order chi connectivity index (χ0) is 14.9. The molecule has 0 aromatic carbocycles. The number of pyridine rings is 1. The minimum atomic E-state index is -4.41. The van der Waals surface area contributed by atoms with E-state index in [2.05, 4.69) is 10.1 Å².